The van der Waals surface area contributed by atoms with E-state index in [1.165, 1.54) is 7.11 Å². The normalized spacial score (nSPS) is 22.9. The molecule has 0 aliphatic heterocycles. The largest absolute Gasteiger partial charge is 0.481 e. The number of pyridine rings is 2. The molecule has 35 heavy (non-hydrogen) atoms. The number of ether oxygens (including phenoxy) is 2. The molecule has 2 aliphatic carbocycles. The van der Waals surface area contributed by atoms with E-state index in [-0.39, 0.29) is 29.5 Å². The zero-order valence-electron chi connectivity index (χ0n) is 20.9. The van der Waals surface area contributed by atoms with Crippen LogP contribution in [0, 0.1) is 5.41 Å². The molecule has 2 aromatic heterocycles. The Hall–Kier alpha value is -3.56. The number of alkyl carbamates (subject to hydrolysis) is 1. The summed E-state index contributed by atoms with van der Waals surface area (Å²) >= 11 is 0. The Balaban J connectivity index is 1.34. The molecule has 2 fully saturated rings. The number of aromatic nitrogens is 2. The van der Waals surface area contributed by atoms with Crippen molar-refractivity contribution in [2.75, 3.05) is 30.1 Å². The van der Waals surface area contributed by atoms with E-state index in [0.717, 1.165) is 25.7 Å². The lowest BCUT2D eigenvalue weighted by atomic mass is 9.52. The fraction of sp³-hybridized carbons (Fsp3) is 0.520. The molecular formula is C25H34N6O4. The first-order valence-electron chi connectivity index (χ1n) is 11.9. The van der Waals surface area contributed by atoms with Crippen molar-refractivity contribution < 1.29 is 19.1 Å². The number of rotatable bonds is 7. The third-order valence-electron chi connectivity index (χ3n) is 6.35. The van der Waals surface area contributed by atoms with Crippen molar-refractivity contribution in [1.82, 2.24) is 15.3 Å². The molecule has 1 spiro atoms. The summed E-state index contributed by atoms with van der Waals surface area (Å²) in [6, 6.07) is 9.05. The number of nitrogens with zero attached hydrogens (tertiary/aromatic N) is 2. The van der Waals surface area contributed by atoms with Crippen LogP contribution in [0.15, 0.2) is 30.3 Å². The number of carbonyl (C=O) groups is 2. The molecule has 188 valence electrons. The van der Waals surface area contributed by atoms with Crippen LogP contribution < -0.4 is 26.0 Å². The standard InChI is InChI=1S/C25H34N6O4/c1-24(2,3)35-23(33)28-16-13-25(14-16)11-15(12-25)27-21-17(9-10-18(26-4)30-21)22(32)31-19-7-6-8-20(29-19)34-5/h6-10,15-16H,11-14H2,1-5H3,(H,28,33)(H2,26,27,30)(H,29,31,32). The monoisotopic (exact) mass is 482 g/mol. The van der Waals surface area contributed by atoms with Crippen molar-refractivity contribution in [2.45, 2.75) is 64.1 Å². The molecule has 10 heteroatoms. The highest BCUT2D eigenvalue weighted by atomic mass is 16.6. The van der Waals surface area contributed by atoms with E-state index in [9.17, 15) is 9.59 Å². The minimum absolute atomic E-state index is 0.147. The first kappa shape index (κ1) is 24.6. The summed E-state index contributed by atoms with van der Waals surface area (Å²) in [4.78, 5) is 33.9. The second-order valence-electron chi connectivity index (χ2n) is 10.4. The summed E-state index contributed by atoms with van der Waals surface area (Å²) in [5.41, 5.74) is 0.163. The summed E-state index contributed by atoms with van der Waals surface area (Å²) in [7, 11) is 3.32. The molecule has 2 saturated carbocycles. The number of amides is 2. The molecule has 2 aromatic rings. The van der Waals surface area contributed by atoms with Gasteiger partial charge in [0.1, 0.15) is 23.1 Å². The molecule has 0 radical (unpaired) electrons. The highest BCUT2D eigenvalue weighted by Gasteiger charge is 2.53. The first-order chi connectivity index (χ1) is 16.6. The number of nitrogens with one attached hydrogen (secondary N) is 4. The third kappa shape index (κ3) is 5.93. The lowest BCUT2D eigenvalue weighted by molar-refractivity contribution is -0.0179. The van der Waals surface area contributed by atoms with Gasteiger partial charge in [-0.3, -0.25) is 4.79 Å². The maximum atomic E-state index is 13.0. The minimum Gasteiger partial charge on any atom is -0.481 e. The molecule has 10 nitrogen and oxygen atoms in total. The predicted molar refractivity (Wildman–Crippen MR) is 134 cm³/mol. The van der Waals surface area contributed by atoms with Crippen molar-refractivity contribution >= 4 is 29.5 Å². The van der Waals surface area contributed by atoms with Crippen LogP contribution >= 0.6 is 0 Å². The number of methoxy groups -OCH3 is 1. The van der Waals surface area contributed by atoms with Crippen LogP contribution in [0.4, 0.5) is 22.2 Å². The quantitative estimate of drug-likeness (QED) is 0.466. The SMILES string of the molecule is CNc1ccc(C(=O)Nc2cccc(OC)n2)c(NC2CC3(CC(NC(=O)OC(C)(C)C)C3)C2)n1. The molecule has 4 N–H and O–H groups in total. The van der Waals surface area contributed by atoms with Crippen molar-refractivity contribution in [1.29, 1.82) is 0 Å². The molecule has 0 saturated heterocycles. The van der Waals surface area contributed by atoms with Crippen LogP contribution in [-0.2, 0) is 4.74 Å². The van der Waals surface area contributed by atoms with Gasteiger partial charge in [-0.05, 0) is 70.1 Å². The van der Waals surface area contributed by atoms with Gasteiger partial charge < -0.3 is 30.7 Å². The van der Waals surface area contributed by atoms with Gasteiger partial charge in [-0.15, -0.1) is 0 Å². The van der Waals surface area contributed by atoms with Crippen LogP contribution in [0.25, 0.3) is 0 Å². The third-order valence-corrected chi connectivity index (χ3v) is 6.35. The van der Waals surface area contributed by atoms with Crippen LogP contribution in [0.2, 0.25) is 0 Å². The van der Waals surface area contributed by atoms with Gasteiger partial charge in [-0.2, -0.15) is 4.98 Å². The second-order valence-corrected chi connectivity index (χ2v) is 10.4. The molecule has 2 amide bonds. The maximum Gasteiger partial charge on any atom is 0.407 e. The van der Waals surface area contributed by atoms with Gasteiger partial charge in [-0.25, -0.2) is 9.78 Å². The van der Waals surface area contributed by atoms with Gasteiger partial charge in [0.25, 0.3) is 5.91 Å². The van der Waals surface area contributed by atoms with E-state index < -0.39 is 5.60 Å². The molecule has 4 rings (SSSR count). The molecule has 0 atom stereocenters. The summed E-state index contributed by atoms with van der Waals surface area (Å²) in [6.07, 6.45) is 3.43. The Morgan fingerprint density at radius 3 is 2.37 bits per heavy atom. The second kappa shape index (κ2) is 9.59. The van der Waals surface area contributed by atoms with Gasteiger partial charge in [0.05, 0.1) is 12.7 Å². The molecule has 0 bridgehead atoms. The average molecular weight is 483 g/mol. The van der Waals surface area contributed by atoms with Crippen LogP contribution in [0.1, 0.15) is 56.8 Å². The molecule has 0 unspecified atom stereocenters. The first-order valence-corrected chi connectivity index (χ1v) is 11.9. The molecule has 0 aromatic carbocycles. The fourth-order valence-electron chi connectivity index (χ4n) is 4.85. The van der Waals surface area contributed by atoms with Crippen molar-refractivity contribution in [3.63, 3.8) is 0 Å². The van der Waals surface area contributed by atoms with Crippen molar-refractivity contribution in [3.05, 3.63) is 35.9 Å². The lowest BCUT2D eigenvalue weighted by Crippen LogP contribution is -2.59. The number of carbonyl (C=O) groups excluding carboxylic acids is 2. The van der Waals surface area contributed by atoms with Crippen LogP contribution in [0.3, 0.4) is 0 Å². The molecule has 2 aliphatic rings. The topological polar surface area (TPSA) is 126 Å². The van der Waals surface area contributed by atoms with E-state index in [1.807, 2.05) is 20.8 Å². The van der Waals surface area contributed by atoms with E-state index in [4.69, 9.17) is 9.47 Å². The zero-order chi connectivity index (χ0) is 25.2. The van der Waals surface area contributed by atoms with Crippen LogP contribution in [-0.4, -0.2) is 53.8 Å². The van der Waals surface area contributed by atoms with Crippen LogP contribution in [0.5, 0.6) is 5.88 Å². The average Bonchev–Trinajstić information content (AvgIpc) is 2.74. The van der Waals surface area contributed by atoms with E-state index in [2.05, 4.69) is 31.2 Å². The molecule has 2 heterocycles. The summed E-state index contributed by atoms with van der Waals surface area (Å²) in [5.74, 6) is 1.72. The Morgan fingerprint density at radius 2 is 1.71 bits per heavy atom. The van der Waals surface area contributed by atoms with Crippen molar-refractivity contribution in [2.24, 2.45) is 5.41 Å². The predicted octanol–water partition coefficient (Wildman–Crippen LogP) is 4.03. The van der Waals surface area contributed by atoms with E-state index in [0.29, 0.717) is 28.9 Å². The number of hydrogen-bond donors (Lipinski definition) is 4. The Morgan fingerprint density at radius 1 is 1.00 bits per heavy atom. The molecular weight excluding hydrogens is 448 g/mol. The Bertz CT molecular complexity index is 1090. The highest BCUT2D eigenvalue weighted by molar-refractivity contribution is 6.07. The number of hydrogen-bond acceptors (Lipinski definition) is 8. The maximum absolute atomic E-state index is 13.0. The van der Waals surface area contributed by atoms with E-state index in [1.54, 1.807) is 37.4 Å². The van der Waals surface area contributed by atoms with Crippen molar-refractivity contribution in [3.8, 4) is 5.88 Å². The minimum atomic E-state index is -0.501. The van der Waals surface area contributed by atoms with Gasteiger partial charge in [0.15, 0.2) is 0 Å². The Kier molecular flexibility index (Phi) is 6.73. The zero-order valence-corrected chi connectivity index (χ0v) is 20.9. The lowest BCUT2D eigenvalue weighted by Gasteiger charge is -2.57. The highest BCUT2D eigenvalue weighted by Crippen LogP contribution is 2.56. The van der Waals surface area contributed by atoms with E-state index >= 15 is 0 Å². The summed E-state index contributed by atoms with van der Waals surface area (Å²) < 4.78 is 10.5. The smallest absolute Gasteiger partial charge is 0.407 e. The summed E-state index contributed by atoms with van der Waals surface area (Å²) in [5, 5.41) is 12.3. The van der Waals surface area contributed by atoms with Gasteiger partial charge >= 0.3 is 6.09 Å². The van der Waals surface area contributed by atoms with Gasteiger partial charge in [0.2, 0.25) is 5.88 Å². The Labute approximate surface area is 205 Å². The van der Waals surface area contributed by atoms with Gasteiger partial charge in [-0.1, -0.05) is 6.07 Å². The fourth-order valence-corrected chi connectivity index (χ4v) is 4.85. The summed E-state index contributed by atoms with van der Waals surface area (Å²) in [6.45, 7) is 5.57. The number of anilines is 3. The van der Waals surface area contributed by atoms with Gasteiger partial charge in [0, 0.05) is 25.2 Å².